The predicted molar refractivity (Wildman–Crippen MR) is 93.8 cm³/mol. The Kier molecular flexibility index (Phi) is 4.92. The van der Waals surface area contributed by atoms with E-state index in [4.69, 9.17) is 4.74 Å². The van der Waals surface area contributed by atoms with E-state index in [-0.39, 0.29) is 5.78 Å². The monoisotopic (exact) mass is 306 g/mol. The third-order valence-electron chi connectivity index (χ3n) is 4.45. The van der Waals surface area contributed by atoms with Crippen molar-refractivity contribution in [3.05, 3.63) is 71.3 Å². The van der Waals surface area contributed by atoms with Gasteiger partial charge in [-0.15, -0.1) is 0 Å². The number of allylic oxidation sites excluding steroid dienone is 2. The van der Waals surface area contributed by atoms with Gasteiger partial charge in [-0.1, -0.05) is 42.3 Å². The molecule has 0 amide bonds. The second kappa shape index (κ2) is 7.28. The van der Waals surface area contributed by atoms with Crippen molar-refractivity contribution in [2.45, 2.75) is 32.1 Å². The van der Waals surface area contributed by atoms with Crippen LogP contribution in [0.2, 0.25) is 0 Å². The van der Waals surface area contributed by atoms with Crippen molar-refractivity contribution in [2.24, 2.45) is 0 Å². The molecule has 0 saturated heterocycles. The first-order valence-corrected chi connectivity index (χ1v) is 8.26. The zero-order valence-electron chi connectivity index (χ0n) is 13.5. The van der Waals surface area contributed by atoms with E-state index in [0.717, 1.165) is 35.3 Å². The Morgan fingerprint density at radius 2 is 1.48 bits per heavy atom. The Bertz CT molecular complexity index is 688. The van der Waals surface area contributed by atoms with Gasteiger partial charge in [0.15, 0.2) is 5.78 Å². The molecule has 0 aliphatic heterocycles. The van der Waals surface area contributed by atoms with Crippen molar-refractivity contribution in [1.29, 1.82) is 0 Å². The fraction of sp³-hybridized carbons (Fsp3) is 0.286. The molecular formula is C21H22O2. The van der Waals surface area contributed by atoms with Gasteiger partial charge in [-0.25, -0.2) is 0 Å². The minimum Gasteiger partial charge on any atom is -0.497 e. The highest BCUT2D eigenvalue weighted by Crippen LogP contribution is 2.33. The summed E-state index contributed by atoms with van der Waals surface area (Å²) in [7, 11) is 1.64. The molecule has 0 heterocycles. The molecule has 1 saturated carbocycles. The van der Waals surface area contributed by atoms with Gasteiger partial charge >= 0.3 is 0 Å². The molecule has 118 valence electrons. The van der Waals surface area contributed by atoms with Crippen LogP contribution in [-0.2, 0) is 0 Å². The van der Waals surface area contributed by atoms with Crippen molar-refractivity contribution in [3.8, 4) is 5.75 Å². The van der Waals surface area contributed by atoms with Gasteiger partial charge in [0, 0.05) is 11.1 Å². The molecule has 1 aliphatic carbocycles. The van der Waals surface area contributed by atoms with Crippen LogP contribution in [0, 0.1) is 0 Å². The van der Waals surface area contributed by atoms with Gasteiger partial charge in [-0.2, -0.15) is 0 Å². The average molecular weight is 306 g/mol. The van der Waals surface area contributed by atoms with Crippen molar-refractivity contribution in [2.75, 3.05) is 7.11 Å². The highest BCUT2D eigenvalue weighted by Gasteiger charge is 2.20. The van der Waals surface area contributed by atoms with E-state index in [2.05, 4.69) is 0 Å². The molecule has 2 aromatic carbocycles. The highest BCUT2D eigenvalue weighted by atomic mass is 16.5. The minimum atomic E-state index is 0.121. The number of hydrogen-bond acceptors (Lipinski definition) is 2. The van der Waals surface area contributed by atoms with E-state index >= 15 is 0 Å². The molecule has 2 aromatic rings. The van der Waals surface area contributed by atoms with Crippen LogP contribution in [0.15, 0.2) is 60.2 Å². The first kappa shape index (κ1) is 15.5. The quantitative estimate of drug-likeness (QED) is 0.566. The maximum atomic E-state index is 13.1. The Labute approximate surface area is 137 Å². The molecule has 0 spiro atoms. The van der Waals surface area contributed by atoms with E-state index in [0.29, 0.717) is 0 Å². The number of carbonyl (C=O) groups excluding carboxylic acids is 1. The van der Waals surface area contributed by atoms with E-state index in [1.165, 1.54) is 24.8 Å². The zero-order valence-corrected chi connectivity index (χ0v) is 13.5. The summed E-state index contributed by atoms with van der Waals surface area (Å²) < 4.78 is 5.19. The van der Waals surface area contributed by atoms with Crippen molar-refractivity contribution in [3.63, 3.8) is 0 Å². The Morgan fingerprint density at radius 1 is 0.826 bits per heavy atom. The second-order valence-corrected chi connectivity index (χ2v) is 5.96. The molecule has 0 bridgehead atoms. The van der Waals surface area contributed by atoms with Crippen LogP contribution in [0.3, 0.4) is 0 Å². The fourth-order valence-corrected chi connectivity index (χ4v) is 3.22. The van der Waals surface area contributed by atoms with Gasteiger partial charge < -0.3 is 4.74 Å². The summed E-state index contributed by atoms with van der Waals surface area (Å²) in [6.45, 7) is 0. The van der Waals surface area contributed by atoms with Gasteiger partial charge in [0.2, 0.25) is 0 Å². The van der Waals surface area contributed by atoms with Crippen LogP contribution in [-0.4, -0.2) is 12.9 Å². The lowest BCUT2D eigenvalue weighted by Crippen LogP contribution is -2.08. The maximum absolute atomic E-state index is 13.1. The molecular weight excluding hydrogens is 284 g/mol. The number of hydrogen-bond donors (Lipinski definition) is 0. The predicted octanol–water partition coefficient (Wildman–Crippen LogP) is 5.30. The lowest BCUT2D eigenvalue weighted by atomic mass is 9.85. The molecule has 2 nitrogen and oxygen atoms in total. The number of Topliss-reactive ketones (excluding diaryl/α,β-unsaturated/α-hetero) is 1. The van der Waals surface area contributed by atoms with E-state index in [1.54, 1.807) is 7.11 Å². The highest BCUT2D eigenvalue weighted by molar-refractivity contribution is 6.29. The van der Waals surface area contributed by atoms with Gasteiger partial charge in [0.1, 0.15) is 5.75 Å². The maximum Gasteiger partial charge on any atom is 0.193 e. The number of rotatable bonds is 4. The summed E-state index contributed by atoms with van der Waals surface area (Å²) in [5, 5.41) is 0. The lowest BCUT2D eigenvalue weighted by Gasteiger charge is -2.19. The largest absolute Gasteiger partial charge is 0.497 e. The Balaban J connectivity index is 2.02. The number of ether oxygens (including phenoxy) is 1. The van der Waals surface area contributed by atoms with Crippen LogP contribution >= 0.6 is 0 Å². The SMILES string of the molecule is COc1ccc(C(=O)C(=C2CCCCC2)c2ccccc2)cc1. The molecule has 0 radical (unpaired) electrons. The topological polar surface area (TPSA) is 26.3 Å². The third-order valence-corrected chi connectivity index (χ3v) is 4.45. The lowest BCUT2D eigenvalue weighted by molar-refractivity contribution is 0.105. The average Bonchev–Trinajstić information content (AvgIpc) is 2.64. The van der Waals surface area contributed by atoms with E-state index < -0.39 is 0 Å². The standard InChI is InChI=1S/C21H22O2/c1-23-19-14-12-18(13-15-19)21(22)20(16-8-4-2-5-9-16)17-10-6-3-7-11-17/h2,4-5,8-9,12-15H,3,6-7,10-11H2,1H3. The minimum absolute atomic E-state index is 0.121. The van der Waals surface area contributed by atoms with Gasteiger partial charge in [-0.05, 0) is 55.5 Å². The molecule has 0 N–H and O–H groups in total. The second-order valence-electron chi connectivity index (χ2n) is 5.96. The number of carbonyl (C=O) groups is 1. The molecule has 1 aliphatic rings. The summed E-state index contributed by atoms with van der Waals surface area (Å²) in [4.78, 5) is 13.1. The van der Waals surface area contributed by atoms with Crippen molar-refractivity contribution < 1.29 is 9.53 Å². The summed E-state index contributed by atoms with van der Waals surface area (Å²) in [5.74, 6) is 0.892. The zero-order chi connectivity index (χ0) is 16.1. The van der Waals surface area contributed by atoms with Crippen LogP contribution in [0.4, 0.5) is 0 Å². The number of methoxy groups -OCH3 is 1. The molecule has 0 aromatic heterocycles. The van der Waals surface area contributed by atoms with Gasteiger partial charge in [0.05, 0.1) is 7.11 Å². The summed E-state index contributed by atoms with van der Waals surface area (Å²) >= 11 is 0. The number of benzene rings is 2. The van der Waals surface area contributed by atoms with Gasteiger partial charge in [-0.3, -0.25) is 4.79 Å². The molecule has 0 atom stereocenters. The Hall–Kier alpha value is -2.35. The fourth-order valence-electron chi connectivity index (χ4n) is 3.22. The molecule has 0 unspecified atom stereocenters. The summed E-state index contributed by atoms with van der Waals surface area (Å²) in [6, 6.07) is 17.5. The normalized spacial score (nSPS) is 14.4. The first-order valence-electron chi connectivity index (χ1n) is 8.26. The van der Waals surface area contributed by atoms with E-state index in [1.807, 2.05) is 54.6 Å². The van der Waals surface area contributed by atoms with Crippen molar-refractivity contribution in [1.82, 2.24) is 0 Å². The molecule has 23 heavy (non-hydrogen) atoms. The first-order chi connectivity index (χ1) is 11.3. The third kappa shape index (κ3) is 3.53. The van der Waals surface area contributed by atoms with Crippen LogP contribution in [0.1, 0.15) is 48.0 Å². The number of ketones is 1. The Morgan fingerprint density at radius 3 is 2.09 bits per heavy atom. The summed E-state index contributed by atoms with van der Waals surface area (Å²) in [6.07, 6.45) is 5.70. The summed E-state index contributed by atoms with van der Waals surface area (Å²) in [5.41, 5.74) is 3.96. The smallest absolute Gasteiger partial charge is 0.193 e. The van der Waals surface area contributed by atoms with Crippen LogP contribution in [0.25, 0.3) is 5.57 Å². The van der Waals surface area contributed by atoms with Gasteiger partial charge in [0.25, 0.3) is 0 Å². The van der Waals surface area contributed by atoms with E-state index in [9.17, 15) is 4.79 Å². The van der Waals surface area contributed by atoms with Crippen LogP contribution in [0.5, 0.6) is 5.75 Å². The van der Waals surface area contributed by atoms with Crippen LogP contribution < -0.4 is 4.74 Å². The molecule has 2 heteroatoms. The molecule has 1 fully saturated rings. The van der Waals surface area contributed by atoms with Crippen molar-refractivity contribution >= 4 is 11.4 Å². The molecule has 3 rings (SSSR count).